The molecule has 2 aromatic heterocycles. The third-order valence-corrected chi connectivity index (χ3v) is 8.09. The lowest BCUT2D eigenvalue weighted by Crippen LogP contribution is -2.40. The Bertz CT molecular complexity index is 1970. The number of para-hydroxylation sites is 1. The van der Waals surface area contributed by atoms with Gasteiger partial charge in [0.25, 0.3) is 11.2 Å². The number of thiazole rings is 1. The first-order valence-electron chi connectivity index (χ1n) is 13.2. The van der Waals surface area contributed by atoms with Crippen LogP contribution in [-0.2, 0) is 9.53 Å². The van der Waals surface area contributed by atoms with Gasteiger partial charge in [-0.05, 0) is 52.0 Å². The Labute approximate surface area is 259 Å². The molecule has 4 aromatic rings. The largest absolute Gasteiger partial charge is 0.491 e. The molecular weight excluding hydrogens is 617 g/mol. The highest BCUT2D eigenvalue weighted by Crippen LogP contribution is 2.38. The highest BCUT2D eigenvalue weighted by atomic mass is 35.5. The third-order valence-electron chi connectivity index (χ3n) is 6.49. The van der Waals surface area contributed by atoms with E-state index in [4.69, 9.17) is 37.1 Å². The number of rotatable bonds is 8. The molecule has 0 spiro atoms. The predicted octanol–water partition coefficient (Wildman–Crippen LogP) is 6.06. The predicted molar refractivity (Wildman–Crippen MR) is 163 cm³/mol. The second kappa shape index (κ2) is 12.2. The van der Waals surface area contributed by atoms with Crippen molar-refractivity contribution in [3.05, 3.63) is 111 Å². The number of furan rings is 1. The molecule has 0 unspecified atom stereocenters. The van der Waals surface area contributed by atoms with Gasteiger partial charge in [0.05, 0.1) is 38.5 Å². The van der Waals surface area contributed by atoms with Gasteiger partial charge in [0.2, 0.25) is 0 Å². The first-order valence-corrected chi connectivity index (χ1v) is 14.8. The smallest absolute Gasteiger partial charge is 0.338 e. The summed E-state index contributed by atoms with van der Waals surface area (Å²) >= 11 is 13.4. The average Bonchev–Trinajstić information content (AvgIpc) is 3.52. The van der Waals surface area contributed by atoms with Gasteiger partial charge in [0.1, 0.15) is 28.3 Å². The van der Waals surface area contributed by atoms with Gasteiger partial charge in [-0.15, -0.1) is 0 Å². The maximum Gasteiger partial charge on any atom is 0.338 e. The van der Waals surface area contributed by atoms with E-state index in [9.17, 15) is 19.7 Å². The number of nitrogens with zero attached hydrogens (tertiary/aromatic N) is 3. The topological polar surface area (TPSA) is 126 Å². The van der Waals surface area contributed by atoms with E-state index in [2.05, 4.69) is 4.99 Å². The molecule has 2 aromatic carbocycles. The second-order valence-corrected chi connectivity index (χ2v) is 11.6. The summed E-state index contributed by atoms with van der Waals surface area (Å²) in [5.74, 6) is 0.502. The fourth-order valence-corrected chi connectivity index (χ4v) is 6.30. The lowest BCUT2D eigenvalue weighted by molar-refractivity contribution is -0.384. The minimum absolute atomic E-state index is 0.0981. The van der Waals surface area contributed by atoms with Gasteiger partial charge < -0.3 is 13.9 Å². The van der Waals surface area contributed by atoms with E-state index in [1.807, 2.05) is 32.0 Å². The van der Waals surface area contributed by atoms with Crippen LogP contribution in [0.1, 0.15) is 45.1 Å². The molecule has 1 aliphatic rings. The van der Waals surface area contributed by atoms with Crippen molar-refractivity contribution in [3.8, 4) is 17.1 Å². The normalized spacial score (nSPS) is 15.0. The van der Waals surface area contributed by atoms with Crippen LogP contribution in [-0.4, -0.2) is 28.2 Å². The molecule has 13 heteroatoms. The minimum atomic E-state index is -0.854. The van der Waals surface area contributed by atoms with Crippen molar-refractivity contribution >= 4 is 52.3 Å². The molecule has 0 saturated carbocycles. The van der Waals surface area contributed by atoms with Gasteiger partial charge in [0, 0.05) is 23.3 Å². The van der Waals surface area contributed by atoms with Crippen LogP contribution in [0.2, 0.25) is 10.0 Å². The fraction of sp³-hybridized carbons (Fsp3) is 0.233. The SMILES string of the molecule is CCOC(=O)C1=C(C)N=c2s/c(=C/c3ccc(-c4cc([N+](=O)[O-])c(Cl)cc4Cl)o3)c(=O)n2[C@@H]1c1ccccc1OC(C)C. The minimum Gasteiger partial charge on any atom is -0.491 e. The zero-order valence-electron chi connectivity index (χ0n) is 23.4. The maximum atomic E-state index is 14.0. The van der Waals surface area contributed by atoms with E-state index >= 15 is 0 Å². The number of hydrogen-bond acceptors (Lipinski definition) is 9. The van der Waals surface area contributed by atoms with Crippen LogP contribution in [0.15, 0.2) is 74.0 Å². The molecule has 0 radical (unpaired) electrons. The van der Waals surface area contributed by atoms with Crippen molar-refractivity contribution in [2.45, 2.75) is 39.8 Å². The molecule has 5 rings (SSSR count). The molecule has 0 amide bonds. The number of benzene rings is 2. The van der Waals surface area contributed by atoms with Crippen LogP contribution < -0.4 is 19.6 Å². The summed E-state index contributed by atoms with van der Waals surface area (Å²) in [4.78, 5) is 42.9. The van der Waals surface area contributed by atoms with Gasteiger partial charge in [-0.3, -0.25) is 19.5 Å². The van der Waals surface area contributed by atoms with Crippen molar-refractivity contribution in [1.82, 2.24) is 4.57 Å². The number of fused-ring (bicyclic) bond motifs is 1. The second-order valence-electron chi connectivity index (χ2n) is 9.75. The zero-order valence-corrected chi connectivity index (χ0v) is 25.7. The van der Waals surface area contributed by atoms with Gasteiger partial charge >= 0.3 is 5.97 Å². The number of hydrogen-bond donors (Lipinski definition) is 0. The number of nitro benzene ring substituents is 1. The molecule has 0 N–H and O–H groups in total. The van der Waals surface area contributed by atoms with Crippen LogP contribution in [0.4, 0.5) is 5.69 Å². The summed E-state index contributed by atoms with van der Waals surface area (Å²) in [5, 5.41) is 11.4. The van der Waals surface area contributed by atoms with Gasteiger partial charge in [-0.1, -0.05) is 52.7 Å². The molecule has 3 heterocycles. The van der Waals surface area contributed by atoms with Crippen LogP contribution in [0, 0.1) is 10.1 Å². The molecule has 222 valence electrons. The van der Waals surface area contributed by atoms with Crippen LogP contribution in [0.5, 0.6) is 5.75 Å². The Morgan fingerprint density at radius 2 is 1.95 bits per heavy atom. The number of ether oxygens (including phenoxy) is 2. The monoisotopic (exact) mass is 641 g/mol. The number of aromatic nitrogens is 1. The Morgan fingerprint density at radius 1 is 1.21 bits per heavy atom. The molecule has 0 aliphatic carbocycles. The molecule has 1 atom stereocenters. The summed E-state index contributed by atoms with van der Waals surface area (Å²) in [5.41, 5.74) is 0.827. The lowest BCUT2D eigenvalue weighted by atomic mass is 9.95. The first kappa shape index (κ1) is 30.3. The van der Waals surface area contributed by atoms with Crippen molar-refractivity contribution in [2.24, 2.45) is 4.99 Å². The molecular formula is C30H25Cl2N3O7S. The molecule has 0 fully saturated rings. The average molecular weight is 643 g/mol. The van der Waals surface area contributed by atoms with E-state index in [-0.39, 0.29) is 49.9 Å². The van der Waals surface area contributed by atoms with Gasteiger partial charge in [0.15, 0.2) is 4.80 Å². The summed E-state index contributed by atoms with van der Waals surface area (Å²) in [6.07, 6.45) is 1.39. The van der Waals surface area contributed by atoms with Gasteiger partial charge in [-0.2, -0.15) is 0 Å². The number of halogens is 2. The highest BCUT2D eigenvalue weighted by Gasteiger charge is 2.35. The Balaban J connectivity index is 1.65. The van der Waals surface area contributed by atoms with E-state index in [0.29, 0.717) is 27.6 Å². The summed E-state index contributed by atoms with van der Waals surface area (Å²) in [6, 6.07) is 12.1. The van der Waals surface area contributed by atoms with Crippen molar-refractivity contribution in [1.29, 1.82) is 0 Å². The first-order chi connectivity index (χ1) is 20.5. The molecule has 1 aliphatic heterocycles. The molecule has 10 nitrogen and oxygen atoms in total. The highest BCUT2D eigenvalue weighted by molar-refractivity contribution is 7.07. The Kier molecular flexibility index (Phi) is 8.59. The number of esters is 1. The summed E-state index contributed by atoms with van der Waals surface area (Å²) < 4.78 is 19.1. The number of carbonyl (C=O) groups excluding carboxylic acids is 1. The van der Waals surface area contributed by atoms with Crippen molar-refractivity contribution in [2.75, 3.05) is 6.61 Å². The number of allylic oxidation sites excluding steroid dienone is 1. The summed E-state index contributed by atoms with van der Waals surface area (Å²) in [7, 11) is 0. The van der Waals surface area contributed by atoms with Gasteiger partial charge in [-0.25, -0.2) is 9.79 Å². The van der Waals surface area contributed by atoms with Crippen LogP contribution >= 0.6 is 34.5 Å². The quantitative estimate of drug-likeness (QED) is 0.130. The lowest BCUT2D eigenvalue weighted by Gasteiger charge is -2.26. The zero-order chi connectivity index (χ0) is 31.0. The summed E-state index contributed by atoms with van der Waals surface area (Å²) in [6.45, 7) is 7.35. The van der Waals surface area contributed by atoms with E-state index in [1.165, 1.54) is 16.7 Å². The van der Waals surface area contributed by atoms with Crippen molar-refractivity contribution < 1.29 is 23.6 Å². The van der Waals surface area contributed by atoms with E-state index in [0.717, 1.165) is 11.3 Å². The van der Waals surface area contributed by atoms with Crippen LogP contribution in [0.25, 0.3) is 17.4 Å². The van der Waals surface area contributed by atoms with Crippen molar-refractivity contribution in [3.63, 3.8) is 0 Å². The molecule has 0 bridgehead atoms. The Morgan fingerprint density at radius 3 is 2.65 bits per heavy atom. The van der Waals surface area contributed by atoms with E-state index in [1.54, 1.807) is 38.1 Å². The van der Waals surface area contributed by atoms with Crippen LogP contribution in [0.3, 0.4) is 0 Å². The third kappa shape index (κ3) is 5.88. The molecule has 43 heavy (non-hydrogen) atoms. The number of carbonyl (C=O) groups is 1. The molecule has 0 saturated heterocycles. The Hall–Kier alpha value is -4.19. The number of nitro groups is 1. The maximum absolute atomic E-state index is 14.0. The van der Waals surface area contributed by atoms with E-state index < -0.39 is 22.5 Å². The fourth-order valence-electron chi connectivity index (χ4n) is 4.72. The standard InChI is InChI=1S/C30H25Cl2N3O7S/c1-5-40-29(37)26-16(4)33-30-34(27(26)18-8-6-7-9-23(18)41-15(2)3)28(36)25(43-30)12-17-10-11-24(42-17)19-13-22(35(38)39)21(32)14-20(19)31/h6-15,27H,5H2,1-4H3/b25-12+/t27-/m1/s1.